The van der Waals surface area contributed by atoms with Gasteiger partial charge >= 0.3 is 0 Å². The highest BCUT2D eigenvalue weighted by Crippen LogP contribution is 2.08. The van der Waals surface area contributed by atoms with Crippen molar-refractivity contribution >= 4 is 11.8 Å². The second-order valence-corrected chi connectivity index (χ2v) is 5.55. The predicted molar refractivity (Wildman–Crippen MR) is 78.6 cm³/mol. The number of imide groups is 1. The second kappa shape index (κ2) is 11.0. The average Bonchev–Trinajstić information content (AvgIpc) is 2.36. The van der Waals surface area contributed by atoms with E-state index in [-0.39, 0.29) is 17.7 Å². The molecule has 3 N–H and O–H groups in total. The molecular weight excluding hydrogens is 240 g/mol. The van der Waals surface area contributed by atoms with Crippen molar-refractivity contribution in [3.8, 4) is 0 Å². The van der Waals surface area contributed by atoms with Crippen molar-refractivity contribution in [2.75, 3.05) is 0 Å². The Bertz CT molecular complexity index is 265. The van der Waals surface area contributed by atoms with Gasteiger partial charge in [-0.1, -0.05) is 59.3 Å². The number of hydrogen-bond acceptors (Lipinski definition) is 3. The van der Waals surface area contributed by atoms with Gasteiger partial charge in [0.1, 0.15) is 0 Å². The lowest BCUT2D eigenvalue weighted by Gasteiger charge is -2.14. The van der Waals surface area contributed by atoms with Crippen LogP contribution in [0.15, 0.2) is 0 Å². The molecule has 0 aromatic carbocycles. The van der Waals surface area contributed by atoms with E-state index in [9.17, 15) is 9.59 Å². The number of unbranched alkanes of at least 4 members (excludes halogenated alkanes) is 6. The standard InChI is InChI=1S/C15H30N2O2/c1-4-5-6-7-8-9-10-11-13(18)17-15(19)14(16)12(2)3/h12,14H,4-11,16H2,1-3H3,(H,17,18,19)/t14-/m0/s1. The van der Waals surface area contributed by atoms with Crippen LogP contribution in [0.25, 0.3) is 0 Å². The summed E-state index contributed by atoms with van der Waals surface area (Å²) in [7, 11) is 0. The van der Waals surface area contributed by atoms with Crippen LogP contribution in [0.2, 0.25) is 0 Å². The van der Waals surface area contributed by atoms with Crippen LogP contribution in [-0.4, -0.2) is 17.9 Å². The Morgan fingerprint density at radius 2 is 1.53 bits per heavy atom. The smallest absolute Gasteiger partial charge is 0.243 e. The Hall–Kier alpha value is -0.900. The molecule has 0 spiro atoms. The molecule has 0 fully saturated rings. The zero-order valence-corrected chi connectivity index (χ0v) is 12.7. The number of hydrogen-bond donors (Lipinski definition) is 2. The molecule has 0 unspecified atom stereocenters. The van der Waals surface area contributed by atoms with E-state index in [1.807, 2.05) is 13.8 Å². The third-order valence-corrected chi connectivity index (χ3v) is 3.29. The van der Waals surface area contributed by atoms with Crippen LogP contribution in [-0.2, 0) is 9.59 Å². The van der Waals surface area contributed by atoms with E-state index in [0.29, 0.717) is 6.42 Å². The number of carbonyl (C=O) groups is 2. The molecule has 0 aromatic heterocycles. The van der Waals surface area contributed by atoms with Gasteiger partial charge in [-0.25, -0.2) is 0 Å². The molecule has 0 radical (unpaired) electrons. The molecule has 0 aliphatic heterocycles. The van der Waals surface area contributed by atoms with Gasteiger partial charge in [0.15, 0.2) is 0 Å². The summed E-state index contributed by atoms with van der Waals surface area (Å²) in [6.45, 7) is 5.93. The van der Waals surface area contributed by atoms with Gasteiger partial charge in [-0.2, -0.15) is 0 Å². The van der Waals surface area contributed by atoms with Crippen molar-refractivity contribution in [3.63, 3.8) is 0 Å². The lowest BCUT2D eigenvalue weighted by atomic mass is 10.0. The van der Waals surface area contributed by atoms with E-state index in [1.54, 1.807) is 0 Å². The molecule has 0 saturated heterocycles. The van der Waals surface area contributed by atoms with E-state index in [4.69, 9.17) is 5.73 Å². The Kier molecular flexibility index (Phi) is 10.5. The fourth-order valence-electron chi connectivity index (χ4n) is 1.83. The summed E-state index contributed by atoms with van der Waals surface area (Å²) in [5.74, 6) is -0.510. The van der Waals surface area contributed by atoms with E-state index < -0.39 is 6.04 Å². The Morgan fingerprint density at radius 3 is 2.05 bits per heavy atom. The van der Waals surface area contributed by atoms with Gasteiger partial charge in [0.2, 0.25) is 11.8 Å². The zero-order chi connectivity index (χ0) is 14.7. The van der Waals surface area contributed by atoms with Gasteiger partial charge in [0.25, 0.3) is 0 Å². The molecule has 19 heavy (non-hydrogen) atoms. The van der Waals surface area contributed by atoms with Crippen LogP contribution < -0.4 is 11.1 Å². The van der Waals surface area contributed by atoms with Crippen LogP contribution >= 0.6 is 0 Å². The van der Waals surface area contributed by atoms with Crippen molar-refractivity contribution in [2.45, 2.75) is 78.2 Å². The highest BCUT2D eigenvalue weighted by Gasteiger charge is 2.18. The lowest BCUT2D eigenvalue weighted by Crippen LogP contribution is -2.46. The van der Waals surface area contributed by atoms with Gasteiger partial charge < -0.3 is 5.73 Å². The van der Waals surface area contributed by atoms with Crippen LogP contribution in [0.1, 0.15) is 72.1 Å². The topological polar surface area (TPSA) is 72.2 Å². The average molecular weight is 270 g/mol. The first kappa shape index (κ1) is 18.1. The maximum atomic E-state index is 11.5. The van der Waals surface area contributed by atoms with Crippen LogP contribution in [0.3, 0.4) is 0 Å². The molecule has 1 atom stereocenters. The number of nitrogens with two attached hydrogens (primary N) is 1. The first-order valence-electron chi connectivity index (χ1n) is 7.58. The van der Waals surface area contributed by atoms with Crippen molar-refractivity contribution in [2.24, 2.45) is 11.7 Å². The summed E-state index contributed by atoms with van der Waals surface area (Å²) in [5, 5.41) is 2.37. The Labute approximate surface area is 117 Å². The van der Waals surface area contributed by atoms with Crippen LogP contribution in [0.4, 0.5) is 0 Å². The predicted octanol–water partition coefficient (Wildman–Crippen LogP) is 2.75. The first-order valence-corrected chi connectivity index (χ1v) is 7.58. The summed E-state index contributed by atoms with van der Waals surface area (Å²) >= 11 is 0. The van der Waals surface area contributed by atoms with Gasteiger partial charge in [-0.05, 0) is 12.3 Å². The Balaban J connectivity index is 3.57. The summed E-state index contributed by atoms with van der Waals surface area (Å²) in [6, 6.07) is -0.599. The molecular formula is C15H30N2O2. The third-order valence-electron chi connectivity index (χ3n) is 3.29. The van der Waals surface area contributed by atoms with E-state index in [0.717, 1.165) is 12.8 Å². The summed E-state index contributed by atoms with van der Waals surface area (Å²) in [4.78, 5) is 23.1. The fraction of sp³-hybridized carbons (Fsp3) is 0.867. The van der Waals surface area contributed by atoms with Gasteiger partial charge in [0.05, 0.1) is 6.04 Å². The van der Waals surface area contributed by atoms with Crippen molar-refractivity contribution in [1.82, 2.24) is 5.32 Å². The monoisotopic (exact) mass is 270 g/mol. The van der Waals surface area contributed by atoms with Crippen LogP contribution in [0.5, 0.6) is 0 Å². The summed E-state index contributed by atoms with van der Waals surface area (Å²) in [6.07, 6.45) is 8.57. The molecule has 0 aromatic rings. The highest BCUT2D eigenvalue weighted by atomic mass is 16.2. The SMILES string of the molecule is CCCCCCCCCC(=O)NC(=O)[C@@H](N)C(C)C. The maximum Gasteiger partial charge on any atom is 0.243 e. The quantitative estimate of drug-likeness (QED) is 0.600. The molecule has 0 heterocycles. The van der Waals surface area contributed by atoms with Gasteiger partial charge in [-0.15, -0.1) is 0 Å². The van der Waals surface area contributed by atoms with Crippen LogP contribution in [0, 0.1) is 5.92 Å². The minimum absolute atomic E-state index is 0.0476. The van der Waals surface area contributed by atoms with Gasteiger partial charge in [0, 0.05) is 6.42 Å². The zero-order valence-electron chi connectivity index (χ0n) is 12.7. The molecule has 4 heteroatoms. The Morgan fingerprint density at radius 1 is 1.00 bits per heavy atom. The molecule has 0 aliphatic carbocycles. The first-order chi connectivity index (χ1) is 8.99. The minimum Gasteiger partial charge on any atom is -0.320 e. The minimum atomic E-state index is -0.599. The molecule has 0 bridgehead atoms. The van der Waals surface area contributed by atoms with E-state index in [2.05, 4.69) is 12.2 Å². The third kappa shape index (κ3) is 9.65. The molecule has 4 nitrogen and oxygen atoms in total. The van der Waals surface area contributed by atoms with E-state index >= 15 is 0 Å². The fourth-order valence-corrected chi connectivity index (χ4v) is 1.83. The molecule has 2 amide bonds. The molecule has 0 rings (SSSR count). The van der Waals surface area contributed by atoms with Crippen molar-refractivity contribution in [1.29, 1.82) is 0 Å². The summed E-state index contributed by atoms with van der Waals surface area (Å²) < 4.78 is 0. The molecule has 0 aliphatic rings. The number of nitrogens with one attached hydrogen (secondary N) is 1. The van der Waals surface area contributed by atoms with Gasteiger partial charge in [-0.3, -0.25) is 14.9 Å². The molecule has 112 valence electrons. The second-order valence-electron chi connectivity index (χ2n) is 5.55. The van der Waals surface area contributed by atoms with E-state index in [1.165, 1.54) is 32.1 Å². The highest BCUT2D eigenvalue weighted by molar-refractivity contribution is 5.97. The number of rotatable bonds is 10. The number of amides is 2. The van der Waals surface area contributed by atoms with Crippen molar-refractivity contribution < 1.29 is 9.59 Å². The maximum absolute atomic E-state index is 11.5. The summed E-state index contributed by atoms with van der Waals surface area (Å²) in [5.41, 5.74) is 5.67. The van der Waals surface area contributed by atoms with Crippen molar-refractivity contribution in [3.05, 3.63) is 0 Å². The largest absolute Gasteiger partial charge is 0.320 e. The molecule has 0 saturated carbocycles. The normalized spacial score (nSPS) is 12.5. The number of carbonyl (C=O) groups excluding carboxylic acids is 2. The lowest BCUT2D eigenvalue weighted by molar-refractivity contribution is -0.131.